The quantitative estimate of drug-likeness (QED) is 0.407. The maximum Gasteiger partial charge on any atom is 0.364 e. The number of rotatable bonds is 7. The van der Waals surface area contributed by atoms with E-state index in [0.717, 1.165) is 0 Å². The van der Waals surface area contributed by atoms with E-state index in [-0.39, 0.29) is 12.8 Å². The van der Waals surface area contributed by atoms with Gasteiger partial charge in [-0.2, -0.15) is 0 Å². The highest BCUT2D eigenvalue weighted by Gasteiger charge is 2.32. The van der Waals surface area contributed by atoms with Crippen molar-refractivity contribution in [3.63, 3.8) is 0 Å². The van der Waals surface area contributed by atoms with Crippen LogP contribution in [0.2, 0.25) is 0 Å². The van der Waals surface area contributed by atoms with Gasteiger partial charge in [0.25, 0.3) is 5.79 Å². The summed E-state index contributed by atoms with van der Waals surface area (Å²) < 4.78 is 0. The molecule has 4 N–H and O–H groups in total. The summed E-state index contributed by atoms with van der Waals surface area (Å²) in [5.74, 6) is -5.68. The van der Waals surface area contributed by atoms with Gasteiger partial charge >= 0.3 is 11.9 Å². The minimum Gasteiger partial charge on any atom is -0.481 e. The number of carboxylic acids is 2. The van der Waals surface area contributed by atoms with Crippen LogP contribution in [0.15, 0.2) is 12.2 Å². The lowest BCUT2D eigenvalue weighted by atomic mass is 10.1. The molecule has 0 aliphatic rings. The van der Waals surface area contributed by atoms with Crippen LogP contribution in [0.3, 0.4) is 0 Å². The second-order valence-electron chi connectivity index (χ2n) is 3.73. The summed E-state index contributed by atoms with van der Waals surface area (Å²) in [6, 6.07) is 0. The highest BCUT2D eigenvalue weighted by atomic mass is 16.5. The van der Waals surface area contributed by atoms with E-state index in [1.807, 2.05) is 0 Å². The Morgan fingerprint density at radius 1 is 1.22 bits per heavy atom. The molecule has 0 heterocycles. The van der Waals surface area contributed by atoms with E-state index in [9.17, 15) is 9.59 Å². The molecule has 0 aromatic heterocycles. The first-order chi connectivity index (χ1) is 8.27. The highest BCUT2D eigenvalue weighted by molar-refractivity contribution is 5.74. The van der Waals surface area contributed by atoms with Crippen LogP contribution in [0.1, 0.15) is 46.0 Å². The molecule has 0 aliphatic carbocycles. The molecular weight excluding hydrogens is 240 g/mol. The van der Waals surface area contributed by atoms with Gasteiger partial charge in [-0.25, -0.2) is 4.79 Å². The van der Waals surface area contributed by atoms with Gasteiger partial charge in [-0.05, 0) is 19.8 Å². The molecule has 18 heavy (non-hydrogen) atoms. The predicted octanol–water partition coefficient (Wildman–Crippen LogP) is 1.37. The van der Waals surface area contributed by atoms with Crippen LogP contribution in [0.5, 0.6) is 0 Å². The number of unbranched alkanes of at least 4 members (excludes halogenated alkanes) is 1. The molecule has 0 saturated carbocycles. The van der Waals surface area contributed by atoms with E-state index in [0.29, 0.717) is 0 Å². The van der Waals surface area contributed by atoms with Crippen molar-refractivity contribution in [3.8, 4) is 0 Å². The van der Waals surface area contributed by atoms with Gasteiger partial charge in [0, 0.05) is 12.8 Å². The number of carbonyl (C=O) groups is 2. The van der Waals surface area contributed by atoms with Crippen LogP contribution in [0.4, 0.5) is 0 Å². The zero-order valence-corrected chi connectivity index (χ0v) is 10.8. The number of aliphatic hydroxyl groups is 2. The van der Waals surface area contributed by atoms with Crippen molar-refractivity contribution in [1.29, 1.82) is 0 Å². The first kappa shape index (κ1) is 19.0. The number of allylic oxidation sites excluding steroid dienone is 2. The third-order valence-corrected chi connectivity index (χ3v) is 1.95. The Balaban J connectivity index is 0. The van der Waals surface area contributed by atoms with Crippen molar-refractivity contribution < 1.29 is 30.0 Å². The summed E-state index contributed by atoms with van der Waals surface area (Å²) in [5.41, 5.74) is 0. The molecule has 0 radical (unpaired) electrons. The first-order valence-electron chi connectivity index (χ1n) is 5.79. The zero-order valence-electron chi connectivity index (χ0n) is 10.8. The lowest BCUT2D eigenvalue weighted by molar-refractivity contribution is -0.205. The van der Waals surface area contributed by atoms with Gasteiger partial charge in [-0.1, -0.05) is 25.5 Å². The Kier molecular flexibility index (Phi) is 11.3. The molecule has 106 valence electrons. The van der Waals surface area contributed by atoms with Crippen LogP contribution < -0.4 is 0 Å². The molecule has 0 aromatic carbocycles. The normalized spacial score (nSPS) is 10.9. The van der Waals surface area contributed by atoms with E-state index < -0.39 is 24.1 Å². The number of aliphatic carboxylic acids is 2. The number of carboxylic acid groups (broad SMARTS) is 2. The molecule has 0 fully saturated rings. The minimum absolute atomic E-state index is 0.0887. The van der Waals surface area contributed by atoms with Gasteiger partial charge in [-0.3, -0.25) is 4.79 Å². The average Bonchev–Trinajstić information content (AvgIpc) is 2.26. The molecule has 0 bridgehead atoms. The summed E-state index contributed by atoms with van der Waals surface area (Å²) in [7, 11) is 0. The molecule has 0 amide bonds. The van der Waals surface area contributed by atoms with Gasteiger partial charge in [0.05, 0.1) is 0 Å². The molecule has 0 spiro atoms. The monoisotopic (exact) mass is 262 g/mol. The van der Waals surface area contributed by atoms with Gasteiger partial charge in [0.15, 0.2) is 0 Å². The van der Waals surface area contributed by atoms with Crippen molar-refractivity contribution in [2.45, 2.75) is 51.7 Å². The van der Waals surface area contributed by atoms with Gasteiger partial charge in [0.1, 0.15) is 0 Å². The summed E-state index contributed by atoms with van der Waals surface area (Å²) in [4.78, 5) is 20.0. The fourth-order valence-electron chi connectivity index (χ4n) is 0.926. The van der Waals surface area contributed by atoms with Crippen LogP contribution >= 0.6 is 0 Å². The molecule has 6 heteroatoms. The molecule has 0 unspecified atom stereocenters. The maximum absolute atomic E-state index is 10.0. The van der Waals surface area contributed by atoms with Gasteiger partial charge in [-0.15, -0.1) is 0 Å². The SMILES string of the molecule is CC=CCCC.O=C(O)CCCC(O)(O)C(=O)O. The van der Waals surface area contributed by atoms with E-state index in [4.69, 9.17) is 20.4 Å². The van der Waals surface area contributed by atoms with E-state index in [2.05, 4.69) is 26.0 Å². The number of hydrogen-bond donors (Lipinski definition) is 4. The van der Waals surface area contributed by atoms with Crippen LogP contribution in [-0.2, 0) is 9.59 Å². The topological polar surface area (TPSA) is 115 Å². The molecule has 0 aromatic rings. The second kappa shape index (κ2) is 10.7. The molecule has 6 nitrogen and oxygen atoms in total. The predicted molar refractivity (Wildman–Crippen MR) is 66.0 cm³/mol. The smallest absolute Gasteiger partial charge is 0.364 e. The molecule has 0 saturated heterocycles. The molecule has 0 atom stereocenters. The summed E-state index contributed by atoms with van der Waals surface area (Å²) in [6.07, 6.45) is 5.91. The number of hydrogen-bond acceptors (Lipinski definition) is 4. The Morgan fingerprint density at radius 3 is 2.06 bits per heavy atom. The minimum atomic E-state index is -2.81. The van der Waals surface area contributed by atoms with Crippen molar-refractivity contribution >= 4 is 11.9 Å². The summed E-state index contributed by atoms with van der Waals surface area (Å²) >= 11 is 0. The third-order valence-electron chi connectivity index (χ3n) is 1.95. The zero-order chi connectivity index (χ0) is 14.6. The Morgan fingerprint density at radius 2 is 1.78 bits per heavy atom. The Bertz CT molecular complexity index is 270. The van der Waals surface area contributed by atoms with Crippen molar-refractivity contribution in [3.05, 3.63) is 12.2 Å². The maximum atomic E-state index is 10.0. The molecule has 0 aliphatic heterocycles. The van der Waals surface area contributed by atoms with E-state index >= 15 is 0 Å². The van der Waals surface area contributed by atoms with Crippen molar-refractivity contribution in [2.75, 3.05) is 0 Å². The summed E-state index contributed by atoms with van der Waals surface area (Å²) in [6.45, 7) is 4.23. The fourth-order valence-corrected chi connectivity index (χ4v) is 0.926. The van der Waals surface area contributed by atoms with Crippen LogP contribution in [0.25, 0.3) is 0 Å². The second-order valence-corrected chi connectivity index (χ2v) is 3.73. The van der Waals surface area contributed by atoms with Crippen LogP contribution in [-0.4, -0.2) is 38.2 Å². The fraction of sp³-hybridized carbons (Fsp3) is 0.667. The lowest BCUT2D eigenvalue weighted by Gasteiger charge is -2.14. The first-order valence-corrected chi connectivity index (χ1v) is 5.79. The molecule has 0 rings (SSSR count). The molecular formula is C12H22O6. The van der Waals surface area contributed by atoms with E-state index in [1.54, 1.807) is 0 Å². The van der Waals surface area contributed by atoms with Crippen molar-refractivity contribution in [1.82, 2.24) is 0 Å². The third kappa shape index (κ3) is 12.7. The van der Waals surface area contributed by atoms with Gasteiger partial charge < -0.3 is 20.4 Å². The average molecular weight is 262 g/mol. The van der Waals surface area contributed by atoms with Gasteiger partial charge in [0.2, 0.25) is 0 Å². The van der Waals surface area contributed by atoms with E-state index in [1.165, 1.54) is 12.8 Å². The Hall–Kier alpha value is -1.40. The highest BCUT2D eigenvalue weighted by Crippen LogP contribution is 2.10. The van der Waals surface area contributed by atoms with Crippen LogP contribution in [0, 0.1) is 0 Å². The standard InChI is InChI=1S/C6H10O6.C6H12/c7-4(8)2-1-3-6(11,12)5(9)10;1-3-5-6-4-2/h11-12H,1-3H2,(H,7,8)(H,9,10);3,5H,4,6H2,1-2H3. The van der Waals surface area contributed by atoms with Crippen molar-refractivity contribution in [2.24, 2.45) is 0 Å². The lowest BCUT2D eigenvalue weighted by Crippen LogP contribution is -2.38. The summed E-state index contributed by atoms with van der Waals surface area (Å²) in [5, 5.41) is 33.6. The largest absolute Gasteiger partial charge is 0.481 e. The Labute approximate surface area is 107 Å².